The zero-order valence-corrected chi connectivity index (χ0v) is 13.5. The van der Waals surface area contributed by atoms with Gasteiger partial charge in [0, 0.05) is 4.47 Å². The predicted octanol–water partition coefficient (Wildman–Crippen LogP) is 2.45. The molecule has 0 unspecified atom stereocenters. The molecule has 0 fully saturated rings. The molecule has 0 radical (unpaired) electrons. The Kier molecular flexibility index (Phi) is 3.16. The van der Waals surface area contributed by atoms with Gasteiger partial charge in [-0.25, -0.2) is 4.99 Å². The molecule has 0 bridgehead atoms. The standard InChI is InChI=1S/C16H12BrN5O/c17-10-5-3-4-9(8-10)13-19-15(18)21-16-20-14(23)11-6-1-2-7-12(11)22(13)16/h1-8,13H,(H3,18,19,20,21,23)/t13-/m0/s1. The molecule has 3 aromatic rings. The zero-order chi connectivity index (χ0) is 16.0. The van der Waals surface area contributed by atoms with Crippen LogP contribution in [0.5, 0.6) is 0 Å². The molecule has 3 N–H and O–H groups in total. The van der Waals surface area contributed by atoms with Crippen LogP contribution in [0.4, 0.5) is 5.95 Å². The van der Waals surface area contributed by atoms with Crippen LogP contribution in [0.3, 0.4) is 0 Å². The molecule has 114 valence electrons. The smallest absolute Gasteiger partial charge is 0.282 e. The van der Waals surface area contributed by atoms with Crippen LogP contribution < -0.4 is 16.6 Å². The third kappa shape index (κ3) is 2.29. The molecule has 6 nitrogen and oxygen atoms in total. The summed E-state index contributed by atoms with van der Waals surface area (Å²) in [5, 5.41) is 3.42. The number of aliphatic imine (C=N–C) groups is 1. The Morgan fingerprint density at radius 1 is 1.17 bits per heavy atom. The number of nitrogens with zero attached hydrogens (tertiary/aromatic N) is 3. The Bertz CT molecular complexity index is 1010. The number of halogens is 1. The highest BCUT2D eigenvalue weighted by molar-refractivity contribution is 9.10. The Morgan fingerprint density at radius 3 is 2.83 bits per heavy atom. The number of guanidine groups is 1. The maximum absolute atomic E-state index is 12.2. The number of nitrogens with two attached hydrogens (primary N) is 1. The average Bonchev–Trinajstić information content (AvgIpc) is 2.54. The summed E-state index contributed by atoms with van der Waals surface area (Å²) < 4.78 is 2.83. The number of para-hydroxylation sites is 1. The minimum Gasteiger partial charge on any atom is -0.370 e. The quantitative estimate of drug-likeness (QED) is 0.689. The van der Waals surface area contributed by atoms with Gasteiger partial charge in [-0.05, 0) is 29.8 Å². The monoisotopic (exact) mass is 369 g/mol. The van der Waals surface area contributed by atoms with E-state index in [4.69, 9.17) is 5.73 Å². The van der Waals surface area contributed by atoms with Gasteiger partial charge in [-0.2, -0.15) is 4.98 Å². The molecule has 1 atom stereocenters. The van der Waals surface area contributed by atoms with E-state index in [1.807, 2.05) is 47.0 Å². The molecule has 0 amide bonds. The van der Waals surface area contributed by atoms with Crippen molar-refractivity contribution >= 4 is 38.7 Å². The molecular formula is C16H12BrN5O. The van der Waals surface area contributed by atoms with E-state index >= 15 is 0 Å². The molecule has 1 aromatic heterocycles. The summed E-state index contributed by atoms with van der Waals surface area (Å²) in [6, 6.07) is 15.2. The van der Waals surface area contributed by atoms with Crippen molar-refractivity contribution < 1.29 is 0 Å². The lowest BCUT2D eigenvalue weighted by atomic mass is 10.1. The van der Waals surface area contributed by atoms with Crippen molar-refractivity contribution in [3.63, 3.8) is 0 Å². The second kappa shape index (κ2) is 5.20. The van der Waals surface area contributed by atoms with E-state index in [0.717, 1.165) is 15.6 Å². The minimum absolute atomic E-state index is 0.233. The van der Waals surface area contributed by atoms with Gasteiger partial charge in [0.05, 0.1) is 10.9 Å². The Morgan fingerprint density at radius 2 is 2.00 bits per heavy atom. The van der Waals surface area contributed by atoms with E-state index in [-0.39, 0.29) is 17.7 Å². The third-order valence-corrected chi connectivity index (χ3v) is 4.22. The molecule has 4 rings (SSSR count). The van der Waals surface area contributed by atoms with Crippen molar-refractivity contribution in [1.29, 1.82) is 0 Å². The average molecular weight is 370 g/mol. The van der Waals surface area contributed by atoms with Crippen molar-refractivity contribution in [3.05, 3.63) is 68.9 Å². The number of nitrogens with one attached hydrogen (secondary N) is 1. The molecular weight excluding hydrogens is 358 g/mol. The second-order valence-electron chi connectivity index (χ2n) is 5.20. The summed E-state index contributed by atoms with van der Waals surface area (Å²) in [6.07, 6.45) is -0.387. The van der Waals surface area contributed by atoms with E-state index in [0.29, 0.717) is 11.3 Å². The van der Waals surface area contributed by atoms with Crippen LogP contribution >= 0.6 is 15.9 Å². The van der Waals surface area contributed by atoms with E-state index in [9.17, 15) is 4.79 Å². The van der Waals surface area contributed by atoms with Crippen molar-refractivity contribution in [3.8, 4) is 0 Å². The topological polar surface area (TPSA) is 85.3 Å². The third-order valence-electron chi connectivity index (χ3n) is 3.72. The van der Waals surface area contributed by atoms with Gasteiger partial charge in [0.25, 0.3) is 5.56 Å². The van der Waals surface area contributed by atoms with Gasteiger partial charge in [0.1, 0.15) is 0 Å². The maximum Gasteiger partial charge on any atom is 0.282 e. The van der Waals surface area contributed by atoms with Crippen LogP contribution in [0, 0.1) is 0 Å². The molecule has 1 aliphatic rings. The van der Waals surface area contributed by atoms with Crippen LogP contribution in [0.15, 0.2) is 62.8 Å². The van der Waals surface area contributed by atoms with Gasteiger partial charge in [-0.3, -0.25) is 14.7 Å². The van der Waals surface area contributed by atoms with Crippen molar-refractivity contribution in [1.82, 2.24) is 9.55 Å². The second-order valence-corrected chi connectivity index (χ2v) is 6.11. The highest BCUT2D eigenvalue weighted by Gasteiger charge is 2.24. The number of rotatable bonds is 1. The van der Waals surface area contributed by atoms with Crippen molar-refractivity contribution in [2.45, 2.75) is 6.17 Å². The fourth-order valence-electron chi connectivity index (χ4n) is 2.75. The molecule has 2 heterocycles. The van der Waals surface area contributed by atoms with Gasteiger partial charge < -0.3 is 5.73 Å². The highest BCUT2D eigenvalue weighted by Crippen LogP contribution is 2.30. The lowest BCUT2D eigenvalue weighted by molar-refractivity contribution is 0.615. The predicted molar refractivity (Wildman–Crippen MR) is 93.5 cm³/mol. The Balaban J connectivity index is 2.05. The van der Waals surface area contributed by atoms with Crippen LogP contribution in [0.1, 0.15) is 11.7 Å². The van der Waals surface area contributed by atoms with Crippen LogP contribution in [0.25, 0.3) is 10.9 Å². The summed E-state index contributed by atoms with van der Waals surface area (Å²) in [6.45, 7) is 0. The maximum atomic E-state index is 12.2. The first kappa shape index (κ1) is 14.0. The Hall–Kier alpha value is -2.67. The number of fused-ring (bicyclic) bond motifs is 3. The molecule has 1 aliphatic heterocycles. The molecule has 2 aromatic carbocycles. The number of aromatic nitrogens is 2. The number of hydrogen-bond acceptors (Lipinski definition) is 5. The first-order valence-corrected chi connectivity index (χ1v) is 7.80. The van der Waals surface area contributed by atoms with Gasteiger partial charge in [-0.15, -0.1) is 0 Å². The number of anilines is 1. The van der Waals surface area contributed by atoms with E-state index in [2.05, 4.69) is 31.2 Å². The Labute approximate surface area is 139 Å². The fraction of sp³-hybridized carbons (Fsp3) is 0.0625. The molecule has 0 aliphatic carbocycles. The normalized spacial score (nSPS) is 16.6. The van der Waals surface area contributed by atoms with Gasteiger partial charge in [0.2, 0.25) is 5.95 Å². The first-order valence-electron chi connectivity index (χ1n) is 7.00. The van der Waals surface area contributed by atoms with Crippen LogP contribution in [0.2, 0.25) is 0 Å². The van der Waals surface area contributed by atoms with E-state index in [1.54, 1.807) is 6.07 Å². The van der Waals surface area contributed by atoms with Crippen molar-refractivity contribution in [2.75, 3.05) is 5.32 Å². The summed E-state index contributed by atoms with van der Waals surface area (Å²) in [5.74, 6) is 0.628. The minimum atomic E-state index is -0.387. The SMILES string of the molecule is NC1=N[C@H](c2cccc(Br)c2)n2c(nc(=O)c3ccccc32)N1. The largest absolute Gasteiger partial charge is 0.370 e. The fourth-order valence-corrected chi connectivity index (χ4v) is 3.17. The lowest BCUT2D eigenvalue weighted by Crippen LogP contribution is -2.34. The molecule has 0 saturated heterocycles. The molecule has 23 heavy (non-hydrogen) atoms. The van der Waals surface area contributed by atoms with E-state index in [1.165, 1.54) is 0 Å². The summed E-state index contributed by atoms with van der Waals surface area (Å²) in [7, 11) is 0. The molecule has 0 saturated carbocycles. The summed E-state index contributed by atoms with van der Waals surface area (Å²) in [5.41, 5.74) is 7.30. The number of hydrogen-bond donors (Lipinski definition) is 2. The summed E-state index contributed by atoms with van der Waals surface area (Å²) in [4.78, 5) is 20.8. The lowest BCUT2D eigenvalue weighted by Gasteiger charge is -2.27. The van der Waals surface area contributed by atoms with E-state index < -0.39 is 0 Å². The van der Waals surface area contributed by atoms with Crippen LogP contribution in [-0.4, -0.2) is 15.5 Å². The first-order chi connectivity index (χ1) is 11.1. The summed E-state index contributed by atoms with van der Waals surface area (Å²) >= 11 is 3.47. The van der Waals surface area contributed by atoms with Gasteiger partial charge >= 0.3 is 0 Å². The van der Waals surface area contributed by atoms with Gasteiger partial charge in [-0.1, -0.05) is 40.2 Å². The zero-order valence-electron chi connectivity index (χ0n) is 11.9. The van der Waals surface area contributed by atoms with Crippen LogP contribution in [-0.2, 0) is 0 Å². The number of benzene rings is 2. The molecule has 0 spiro atoms. The highest BCUT2D eigenvalue weighted by atomic mass is 79.9. The van der Waals surface area contributed by atoms with Gasteiger partial charge in [0.15, 0.2) is 12.1 Å². The van der Waals surface area contributed by atoms with Crippen molar-refractivity contribution in [2.24, 2.45) is 10.7 Å². The molecule has 7 heteroatoms.